The Bertz CT molecular complexity index is 1130. The van der Waals surface area contributed by atoms with Gasteiger partial charge in [-0.05, 0) is 43.5 Å². The van der Waals surface area contributed by atoms with Crippen LogP contribution in [0.4, 0.5) is 21.7 Å². The molecule has 9 heteroatoms. The fourth-order valence-corrected chi connectivity index (χ4v) is 3.38. The monoisotopic (exact) mass is 436 g/mol. The lowest BCUT2D eigenvalue weighted by molar-refractivity contribution is -0.117. The molecular formula is C23H25FN6O2. The summed E-state index contributed by atoms with van der Waals surface area (Å²) < 4.78 is 13.1. The molecule has 0 saturated heterocycles. The second-order valence-electron chi connectivity index (χ2n) is 7.89. The van der Waals surface area contributed by atoms with Crippen LogP contribution in [0.3, 0.4) is 0 Å². The Kier molecular flexibility index (Phi) is 6.36. The van der Waals surface area contributed by atoms with Crippen LogP contribution in [0.15, 0.2) is 43.0 Å². The number of nitrogens with one attached hydrogen (secondary N) is 2. The van der Waals surface area contributed by atoms with Gasteiger partial charge in [0.2, 0.25) is 5.91 Å². The quantitative estimate of drug-likeness (QED) is 0.487. The molecule has 0 radical (unpaired) electrons. The highest BCUT2D eigenvalue weighted by Gasteiger charge is 2.43. The first-order valence-corrected chi connectivity index (χ1v) is 10.6. The van der Waals surface area contributed by atoms with Crippen molar-refractivity contribution in [3.63, 3.8) is 0 Å². The summed E-state index contributed by atoms with van der Waals surface area (Å²) in [6.45, 7) is 3.95. The van der Waals surface area contributed by atoms with Crippen molar-refractivity contribution < 1.29 is 14.3 Å². The van der Waals surface area contributed by atoms with Crippen LogP contribution in [0.1, 0.15) is 43.5 Å². The molecule has 0 spiro atoms. The number of carbonyl (C=O) groups is 1. The van der Waals surface area contributed by atoms with E-state index in [1.165, 1.54) is 6.33 Å². The minimum atomic E-state index is -1.07. The fraction of sp³-hybridized carbons (Fsp3) is 0.348. The molecule has 1 amide bonds. The number of amides is 1. The number of anilines is 3. The van der Waals surface area contributed by atoms with Crippen LogP contribution in [0.5, 0.6) is 0 Å². The lowest BCUT2D eigenvalue weighted by Crippen LogP contribution is -2.16. The van der Waals surface area contributed by atoms with E-state index < -0.39 is 18.2 Å². The van der Waals surface area contributed by atoms with E-state index in [0.717, 1.165) is 17.7 Å². The minimum absolute atomic E-state index is 0.252. The smallest absolute Gasteiger partial charge is 0.231 e. The Morgan fingerprint density at radius 2 is 2.09 bits per heavy atom. The molecule has 3 aromatic heterocycles. The average molecular weight is 436 g/mol. The predicted molar refractivity (Wildman–Crippen MR) is 119 cm³/mol. The topological polar surface area (TPSA) is 113 Å². The zero-order valence-corrected chi connectivity index (χ0v) is 17.9. The molecule has 1 unspecified atom stereocenters. The van der Waals surface area contributed by atoms with Crippen molar-refractivity contribution in [3.8, 4) is 11.3 Å². The van der Waals surface area contributed by atoms with Crippen molar-refractivity contribution in [3.05, 3.63) is 54.2 Å². The molecule has 4 rings (SSSR count). The summed E-state index contributed by atoms with van der Waals surface area (Å²) in [6, 6.07) is 7.13. The number of rotatable bonds is 8. The Labute approximate surface area is 185 Å². The highest BCUT2D eigenvalue weighted by molar-refractivity contribution is 5.94. The van der Waals surface area contributed by atoms with E-state index in [2.05, 4.69) is 30.6 Å². The highest BCUT2D eigenvalue weighted by Crippen LogP contribution is 2.35. The molecule has 3 heterocycles. The van der Waals surface area contributed by atoms with E-state index in [-0.39, 0.29) is 12.3 Å². The molecule has 0 aliphatic heterocycles. The Balaban J connectivity index is 1.56. The van der Waals surface area contributed by atoms with Gasteiger partial charge >= 0.3 is 0 Å². The molecule has 0 aromatic carbocycles. The van der Waals surface area contributed by atoms with Gasteiger partial charge in [-0.15, -0.1) is 0 Å². The van der Waals surface area contributed by atoms with Crippen molar-refractivity contribution in [2.45, 2.75) is 45.4 Å². The molecular weight excluding hydrogens is 411 g/mol. The SMILES string of the molecule is CCCC(O)c1cc(C)c(Nc2ncccc2-c2cc(NC(=O)[C@H]3C[C@H]3F)ncn2)cn1. The number of aliphatic hydroxyl groups is 1. The number of hydrogen-bond donors (Lipinski definition) is 3. The number of halogens is 1. The second kappa shape index (κ2) is 9.35. The lowest BCUT2D eigenvalue weighted by Gasteiger charge is -2.15. The molecule has 3 aromatic rings. The summed E-state index contributed by atoms with van der Waals surface area (Å²) in [4.78, 5) is 29.2. The van der Waals surface area contributed by atoms with Gasteiger partial charge < -0.3 is 15.7 Å². The number of alkyl halides is 1. The minimum Gasteiger partial charge on any atom is -0.387 e. The largest absolute Gasteiger partial charge is 0.387 e. The van der Waals surface area contributed by atoms with Crippen LogP contribution in [0.25, 0.3) is 11.3 Å². The zero-order valence-electron chi connectivity index (χ0n) is 17.9. The molecule has 0 bridgehead atoms. The van der Waals surface area contributed by atoms with Crippen molar-refractivity contribution >= 4 is 23.2 Å². The van der Waals surface area contributed by atoms with Crippen molar-refractivity contribution in [2.24, 2.45) is 5.92 Å². The van der Waals surface area contributed by atoms with Gasteiger partial charge in [-0.25, -0.2) is 19.3 Å². The van der Waals surface area contributed by atoms with E-state index in [4.69, 9.17) is 0 Å². The maximum Gasteiger partial charge on any atom is 0.231 e. The number of hydrogen-bond acceptors (Lipinski definition) is 7. The van der Waals surface area contributed by atoms with Crippen LogP contribution in [0.2, 0.25) is 0 Å². The van der Waals surface area contributed by atoms with E-state index in [0.29, 0.717) is 35.0 Å². The third kappa shape index (κ3) is 4.88. The predicted octanol–water partition coefficient (Wildman–Crippen LogP) is 4.12. The van der Waals surface area contributed by atoms with Crippen LogP contribution in [0, 0.1) is 12.8 Å². The van der Waals surface area contributed by atoms with Crippen LogP contribution >= 0.6 is 0 Å². The van der Waals surface area contributed by atoms with Crippen LogP contribution in [-0.4, -0.2) is 37.1 Å². The van der Waals surface area contributed by atoms with Gasteiger partial charge in [0.25, 0.3) is 0 Å². The zero-order chi connectivity index (χ0) is 22.7. The molecule has 32 heavy (non-hydrogen) atoms. The van der Waals surface area contributed by atoms with E-state index in [1.807, 2.05) is 26.0 Å². The highest BCUT2D eigenvalue weighted by atomic mass is 19.1. The van der Waals surface area contributed by atoms with Gasteiger partial charge in [-0.1, -0.05) is 13.3 Å². The van der Waals surface area contributed by atoms with E-state index >= 15 is 0 Å². The van der Waals surface area contributed by atoms with Gasteiger partial charge in [-0.3, -0.25) is 9.78 Å². The Hall–Kier alpha value is -3.46. The number of pyridine rings is 2. The molecule has 1 aliphatic carbocycles. The van der Waals surface area contributed by atoms with Gasteiger partial charge in [0.15, 0.2) is 0 Å². The van der Waals surface area contributed by atoms with Crippen molar-refractivity contribution in [2.75, 3.05) is 10.6 Å². The van der Waals surface area contributed by atoms with Gasteiger partial charge in [0.1, 0.15) is 24.1 Å². The molecule has 1 fully saturated rings. The Morgan fingerprint density at radius 1 is 1.28 bits per heavy atom. The first-order chi connectivity index (χ1) is 15.5. The normalized spacial score (nSPS) is 18.1. The van der Waals surface area contributed by atoms with Gasteiger partial charge in [0, 0.05) is 17.8 Å². The molecule has 8 nitrogen and oxygen atoms in total. The average Bonchev–Trinajstić information content (AvgIpc) is 3.52. The summed E-state index contributed by atoms with van der Waals surface area (Å²) >= 11 is 0. The van der Waals surface area contributed by atoms with Gasteiger partial charge in [0.05, 0.1) is 35.3 Å². The summed E-state index contributed by atoms with van der Waals surface area (Å²) in [5.74, 6) is -0.112. The summed E-state index contributed by atoms with van der Waals surface area (Å²) in [7, 11) is 0. The molecule has 3 atom stereocenters. The maximum absolute atomic E-state index is 13.1. The number of aliphatic hydroxyl groups excluding tert-OH is 1. The number of aryl methyl sites for hydroxylation is 1. The third-order valence-corrected chi connectivity index (χ3v) is 5.34. The Morgan fingerprint density at radius 3 is 2.81 bits per heavy atom. The number of aromatic nitrogens is 4. The molecule has 3 N–H and O–H groups in total. The lowest BCUT2D eigenvalue weighted by atomic mass is 10.1. The van der Waals surface area contributed by atoms with Crippen molar-refractivity contribution in [1.82, 2.24) is 19.9 Å². The first-order valence-electron chi connectivity index (χ1n) is 10.6. The third-order valence-electron chi connectivity index (χ3n) is 5.34. The first kappa shape index (κ1) is 21.8. The molecule has 1 saturated carbocycles. The molecule has 1 aliphatic rings. The summed E-state index contributed by atoms with van der Waals surface area (Å²) in [5, 5.41) is 16.1. The maximum atomic E-state index is 13.1. The van der Waals surface area contributed by atoms with Crippen LogP contribution < -0.4 is 10.6 Å². The van der Waals surface area contributed by atoms with Crippen molar-refractivity contribution in [1.29, 1.82) is 0 Å². The summed E-state index contributed by atoms with van der Waals surface area (Å²) in [5.41, 5.74) is 3.57. The van der Waals surface area contributed by atoms with E-state index in [9.17, 15) is 14.3 Å². The van der Waals surface area contributed by atoms with Crippen LogP contribution in [-0.2, 0) is 4.79 Å². The summed E-state index contributed by atoms with van der Waals surface area (Å²) in [6.07, 6.45) is 4.80. The second-order valence-corrected chi connectivity index (χ2v) is 7.89. The van der Waals surface area contributed by atoms with E-state index in [1.54, 1.807) is 24.5 Å². The van der Waals surface area contributed by atoms with Gasteiger partial charge in [-0.2, -0.15) is 0 Å². The standard InChI is InChI=1S/C23H25FN6O2/c1-3-5-20(31)18-8-13(2)19(11-26-18)29-22-14(6-4-7-25-22)17-10-21(28-12-27-17)30-23(32)15-9-16(15)24/h4,6-8,10-12,15-16,20,31H,3,5,9H2,1-2H3,(H,25,29)(H,27,28,30,32)/t15-,16+,20?/m0/s1. The number of nitrogens with zero attached hydrogens (tertiary/aromatic N) is 4. The number of carbonyl (C=O) groups excluding carboxylic acids is 1. The fourth-order valence-electron chi connectivity index (χ4n) is 3.38. The molecule has 166 valence electrons.